The van der Waals surface area contributed by atoms with E-state index in [1.165, 1.54) is 7.05 Å². The molecule has 0 heterocycles. The molecule has 7 nitrogen and oxygen atoms in total. The first kappa shape index (κ1) is 20.9. The minimum Gasteiger partial charge on any atom is -0.480 e. The van der Waals surface area contributed by atoms with Gasteiger partial charge in [0, 0.05) is 13.0 Å². The van der Waals surface area contributed by atoms with E-state index in [4.69, 9.17) is 9.84 Å². The van der Waals surface area contributed by atoms with Crippen LogP contribution < -0.4 is 5.32 Å². The number of carboxylic acid groups (broad SMARTS) is 1. The number of ether oxygens (including phenoxy) is 1. The van der Waals surface area contributed by atoms with Gasteiger partial charge in [0.2, 0.25) is 5.91 Å². The Morgan fingerprint density at radius 2 is 1.65 bits per heavy atom. The molecule has 2 aromatic rings. The molecule has 1 atom stereocenters. The van der Waals surface area contributed by atoms with Crippen LogP contribution in [0.25, 0.3) is 11.1 Å². The van der Waals surface area contributed by atoms with Gasteiger partial charge in [-0.1, -0.05) is 61.4 Å². The highest BCUT2D eigenvalue weighted by atomic mass is 16.5. The van der Waals surface area contributed by atoms with Crippen molar-refractivity contribution in [3.8, 4) is 11.1 Å². The molecule has 0 bridgehead atoms. The van der Waals surface area contributed by atoms with E-state index < -0.39 is 30.6 Å². The summed E-state index contributed by atoms with van der Waals surface area (Å²) >= 11 is 0. The smallest absolute Gasteiger partial charge is 0.407 e. The van der Waals surface area contributed by atoms with E-state index in [1.807, 2.05) is 36.4 Å². The number of carbonyl (C=O) groups excluding carboxylic acids is 2. The summed E-state index contributed by atoms with van der Waals surface area (Å²) in [6, 6.07) is 15.4. The molecular weight excluding hydrogens is 396 g/mol. The SMILES string of the molecule is CN(CC(=O)O)C(=O)C(CC1CC1)NC(=O)OCC1c2ccccc2-c2ccccc21. The molecule has 0 saturated heterocycles. The quantitative estimate of drug-likeness (QED) is 0.681. The van der Waals surface area contributed by atoms with Gasteiger partial charge in [-0.2, -0.15) is 0 Å². The maximum absolute atomic E-state index is 12.7. The van der Waals surface area contributed by atoms with Crippen molar-refractivity contribution in [3.63, 3.8) is 0 Å². The van der Waals surface area contributed by atoms with Crippen molar-refractivity contribution >= 4 is 18.0 Å². The van der Waals surface area contributed by atoms with Crippen LogP contribution in [0.4, 0.5) is 4.79 Å². The van der Waals surface area contributed by atoms with Crippen LogP contribution in [0.5, 0.6) is 0 Å². The van der Waals surface area contributed by atoms with Crippen molar-refractivity contribution in [1.82, 2.24) is 10.2 Å². The molecule has 0 aromatic heterocycles. The molecule has 1 unspecified atom stereocenters. The number of carbonyl (C=O) groups is 3. The van der Waals surface area contributed by atoms with E-state index in [0.29, 0.717) is 12.3 Å². The fraction of sp³-hybridized carbons (Fsp3) is 0.375. The first-order chi connectivity index (χ1) is 14.9. The van der Waals surface area contributed by atoms with Crippen LogP contribution in [-0.4, -0.2) is 54.2 Å². The third-order valence-corrected chi connectivity index (χ3v) is 5.95. The van der Waals surface area contributed by atoms with Gasteiger partial charge < -0.3 is 20.1 Å². The zero-order valence-corrected chi connectivity index (χ0v) is 17.4. The van der Waals surface area contributed by atoms with Gasteiger partial charge >= 0.3 is 12.1 Å². The summed E-state index contributed by atoms with van der Waals surface area (Å²) < 4.78 is 5.55. The van der Waals surface area contributed by atoms with Gasteiger partial charge in [0.25, 0.3) is 0 Å². The number of rotatable bonds is 8. The number of nitrogens with zero attached hydrogens (tertiary/aromatic N) is 1. The van der Waals surface area contributed by atoms with Crippen LogP contribution in [0.1, 0.15) is 36.3 Å². The Kier molecular flexibility index (Phi) is 5.93. The highest BCUT2D eigenvalue weighted by Gasteiger charge is 2.33. The minimum atomic E-state index is -1.10. The lowest BCUT2D eigenvalue weighted by Crippen LogP contribution is -2.49. The molecule has 162 valence electrons. The number of nitrogens with one attached hydrogen (secondary N) is 1. The van der Waals surface area contributed by atoms with Crippen LogP contribution >= 0.6 is 0 Å². The lowest BCUT2D eigenvalue weighted by Gasteiger charge is -2.23. The number of carboxylic acids is 1. The Bertz CT molecular complexity index is 955. The fourth-order valence-electron chi connectivity index (χ4n) is 4.24. The Morgan fingerprint density at radius 1 is 1.06 bits per heavy atom. The largest absolute Gasteiger partial charge is 0.480 e. The average Bonchev–Trinajstić information content (AvgIpc) is 3.51. The highest BCUT2D eigenvalue weighted by Crippen LogP contribution is 2.44. The monoisotopic (exact) mass is 422 g/mol. The maximum atomic E-state index is 12.7. The second kappa shape index (κ2) is 8.79. The van der Waals surface area contributed by atoms with Crippen molar-refractivity contribution < 1.29 is 24.2 Å². The molecular formula is C24H26N2O5. The summed E-state index contributed by atoms with van der Waals surface area (Å²) in [6.07, 6.45) is 1.86. The molecule has 0 radical (unpaired) electrons. The summed E-state index contributed by atoms with van der Waals surface area (Å²) in [5, 5.41) is 11.6. The summed E-state index contributed by atoms with van der Waals surface area (Å²) in [5.74, 6) is -1.20. The van der Waals surface area contributed by atoms with Crippen molar-refractivity contribution in [2.45, 2.75) is 31.2 Å². The summed E-state index contributed by atoms with van der Waals surface area (Å²) in [5.41, 5.74) is 4.51. The summed E-state index contributed by atoms with van der Waals surface area (Å²) in [7, 11) is 1.43. The number of hydrogen-bond donors (Lipinski definition) is 2. The number of alkyl carbamates (subject to hydrolysis) is 1. The predicted octanol–water partition coefficient (Wildman–Crippen LogP) is 3.24. The zero-order chi connectivity index (χ0) is 22.0. The van der Waals surface area contributed by atoms with Crippen LogP contribution in [-0.2, 0) is 14.3 Å². The molecule has 0 spiro atoms. The van der Waals surface area contributed by atoms with Gasteiger partial charge in [0.05, 0.1) is 0 Å². The highest BCUT2D eigenvalue weighted by molar-refractivity contribution is 5.88. The number of hydrogen-bond acceptors (Lipinski definition) is 4. The Labute approximate surface area is 181 Å². The van der Waals surface area contributed by atoms with Crippen molar-refractivity contribution in [2.75, 3.05) is 20.2 Å². The van der Waals surface area contributed by atoms with Crippen LogP contribution in [0.2, 0.25) is 0 Å². The first-order valence-electron chi connectivity index (χ1n) is 10.5. The lowest BCUT2D eigenvalue weighted by atomic mass is 9.98. The second-order valence-corrected chi connectivity index (χ2v) is 8.29. The van der Waals surface area contributed by atoms with E-state index in [2.05, 4.69) is 17.4 Å². The van der Waals surface area contributed by atoms with Crippen molar-refractivity contribution in [3.05, 3.63) is 59.7 Å². The molecule has 4 rings (SSSR count). The van der Waals surface area contributed by atoms with Gasteiger partial charge in [-0.05, 0) is 34.6 Å². The zero-order valence-electron chi connectivity index (χ0n) is 17.4. The van der Waals surface area contributed by atoms with E-state index in [0.717, 1.165) is 40.0 Å². The lowest BCUT2D eigenvalue weighted by molar-refractivity contribution is -0.144. The topological polar surface area (TPSA) is 95.9 Å². The van der Waals surface area contributed by atoms with Crippen LogP contribution in [0.15, 0.2) is 48.5 Å². The molecule has 7 heteroatoms. The minimum absolute atomic E-state index is 0.0644. The van der Waals surface area contributed by atoms with Gasteiger partial charge in [0.1, 0.15) is 19.2 Å². The predicted molar refractivity (Wildman–Crippen MR) is 115 cm³/mol. The Morgan fingerprint density at radius 3 is 2.19 bits per heavy atom. The van der Waals surface area contributed by atoms with Gasteiger partial charge in [-0.15, -0.1) is 0 Å². The van der Waals surface area contributed by atoms with Crippen molar-refractivity contribution in [2.24, 2.45) is 5.92 Å². The number of amides is 2. The molecule has 2 aliphatic carbocycles. The van der Waals surface area contributed by atoms with E-state index in [9.17, 15) is 14.4 Å². The van der Waals surface area contributed by atoms with Crippen LogP contribution in [0, 0.1) is 5.92 Å². The first-order valence-corrected chi connectivity index (χ1v) is 10.5. The number of benzene rings is 2. The molecule has 2 aromatic carbocycles. The van der Waals surface area contributed by atoms with E-state index >= 15 is 0 Å². The van der Waals surface area contributed by atoms with Gasteiger partial charge in [-0.3, -0.25) is 9.59 Å². The molecule has 2 N–H and O–H groups in total. The third-order valence-electron chi connectivity index (χ3n) is 5.95. The fourth-order valence-corrected chi connectivity index (χ4v) is 4.24. The standard InChI is InChI=1S/C24H26N2O5/c1-26(13-22(27)28)23(29)21(12-15-10-11-15)25-24(30)31-14-20-18-8-4-2-6-16(18)17-7-3-5-9-19(17)20/h2-9,15,20-21H,10-14H2,1H3,(H,25,30)(H,27,28). The molecule has 1 fully saturated rings. The molecule has 0 aliphatic heterocycles. The third kappa shape index (κ3) is 4.71. The summed E-state index contributed by atoms with van der Waals surface area (Å²) in [6.45, 7) is -0.248. The van der Waals surface area contributed by atoms with Crippen LogP contribution in [0.3, 0.4) is 0 Å². The number of likely N-dealkylation sites (N-methyl/N-ethyl adjacent to an activating group) is 1. The van der Waals surface area contributed by atoms with Gasteiger partial charge in [-0.25, -0.2) is 4.79 Å². The maximum Gasteiger partial charge on any atom is 0.407 e. The molecule has 2 amide bonds. The normalized spacial score (nSPS) is 15.5. The van der Waals surface area contributed by atoms with Gasteiger partial charge in [0.15, 0.2) is 0 Å². The van der Waals surface area contributed by atoms with Crippen molar-refractivity contribution in [1.29, 1.82) is 0 Å². The molecule has 31 heavy (non-hydrogen) atoms. The number of fused-ring (bicyclic) bond motifs is 3. The Hall–Kier alpha value is -3.35. The van der Waals surface area contributed by atoms with E-state index in [-0.39, 0.29) is 12.5 Å². The summed E-state index contributed by atoms with van der Waals surface area (Å²) in [4.78, 5) is 37.3. The molecule has 2 aliphatic rings. The van der Waals surface area contributed by atoms with E-state index in [1.54, 1.807) is 0 Å². The average molecular weight is 422 g/mol. The molecule has 1 saturated carbocycles. The number of aliphatic carboxylic acids is 1. The Balaban J connectivity index is 1.42. The second-order valence-electron chi connectivity index (χ2n) is 8.29.